The molecule has 4 aromatic carbocycles. The van der Waals surface area contributed by atoms with Crippen LogP contribution in [-0.4, -0.2) is 278 Å². The van der Waals surface area contributed by atoms with E-state index < -0.39 is 149 Å². The lowest BCUT2D eigenvalue weighted by Gasteiger charge is -2.40. The van der Waals surface area contributed by atoms with Gasteiger partial charge in [0, 0.05) is 92.9 Å². The summed E-state index contributed by atoms with van der Waals surface area (Å²) in [7, 11) is 0. The van der Waals surface area contributed by atoms with Crippen LogP contribution in [0.25, 0.3) is 0 Å². The molecule has 0 saturated carbocycles. The fraction of sp³-hybridized carbons (Fsp3) is 0.588. The number of aliphatic hydroxyl groups excluding tert-OH is 16. The molecule has 32 nitrogen and oxygen atoms in total. The van der Waals surface area contributed by atoms with Crippen molar-refractivity contribution in [2.45, 2.75) is 202 Å². The summed E-state index contributed by atoms with van der Waals surface area (Å²) in [6.07, 6.45) is -29.2. The Hall–Kier alpha value is -5.96. The van der Waals surface area contributed by atoms with Gasteiger partial charge in [-0.2, -0.15) is 0 Å². The van der Waals surface area contributed by atoms with Gasteiger partial charge >= 0.3 is 0 Å². The molecule has 24 N–H and O–H groups in total. The second-order valence-corrected chi connectivity index (χ2v) is 27.6. The fourth-order valence-corrected chi connectivity index (χ4v) is 13.7. The zero-order chi connectivity index (χ0) is 75.4. The van der Waals surface area contributed by atoms with Crippen LogP contribution >= 0.6 is 48.9 Å². The van der Waals surface area contributed by atoms with Crippen LogP contribution in [0.2, 0.25) is 0 Å². The van der Waals surface area contributed by atoms with Gasteiger partial charge in [0.15, 0.2) is 45.4 Å². The van der Waals surface area contributed by atoms with Gasteiger partial charge in [0.2, 0.25) is 0 Å². The first kappa shape index (κ1) is 82.1. The van der Waals surface area contributed by atoms with Crippen molar-refractivity contribution in [1.82, 2.24) is 21.3 Å². The first-order valence-electron chi connectivity index (χ1n) is 34.4. The van der Waals surface area contributed by atoms with E-state index >= 15 is 0 Å². The predicted molar refractivity (Wildman–Crippen MR) is 393 cm³/mol. The van der Waals surface area contributed by atoms with Crippen LogP contribution in [0.3, 0.4) is 0 Å². The highest BCUT2D eigenvalue weighted by Gasteiger charge is 2.48. The van der Waals surface area contributed by atoms with Crippen molar-refractivity contribution in [1.29, 1.82) is 0 Å². The Morgan fingerprint density at radius 3 is 0.635 bits per heavy atom. The Morgan fingerprint density at radius 1 is 0.308 bits per heavy atom. The number of fused-ring (bicyclic) bond motifs is 8. The molecular formula is C68H96N8O24S4. The maximum atomic E-state index is 11.1. The maximum Gasteiger partial charge on any atom is 0.172 e. The lowest BCUT2D eigenvalue weighted by Crippen LogP contribution is -2.63. The normalized spacial score (nSPS) is 29.7. The molecular weight excluding hydrogens is 1440 g/mol. The van der Waals surface area contributed by atoms with Gasteiger partial charge in [0.1, 0.15) is 121 Å². The lowest BCUT2D eigenvalue weighted by atomic mass is 9.90. The van der Waals surface area contributed by atoms with E-state index in [2.05, 4.69) is 42.5 Å². The maximum absolute atomic E-state index is 11.1. The summed E-state index contributed by atoms with van der Waals surface area (Å²) >= 11 is 23.6. The third-order valence-corrected chi connectivity index (χ3v) is 18.9. The topological polar surface area (TPSA) is 494 Å². The number of aliphatic hydroxyl groups is 16. The second kappa shape index (κ2) is 37.7. The van der Waals surface area contributed by atoms with E-state index in [0.29, 0.717) is 116 Å². The minimum Gasteiger partial charge on any atom is -0.493 e. The Balaban J connectivity index is 1.28. The molecule has 4 aromatic rings. The number of hydrogen-bond acceptors (Lipinski definition) is 28. The molecule has 0 spiro atoms. The van der Waals surface area contributed by atoms with Gasteiger partial charge in [-0.25, -0.2) is 0 Å². The number of rotatable bonds is 24. The fourth-order valence-electron chi connectivity index (χ4n) is 12.8. The molecule has 4 aliphatic heterocycles. The van der Waals surface area contributed by atoms with Crippen LogP contribution in [0, 0.1) is 0 Å². The molecule has 0 aromatic heterocycles. The first-order valence-corrected chi connectivity index (χ1v) is 36.1. The third kappa shape index (κ3) is 19.7. The minimum atomic E-state index is -1.74. The number of ether oxygens (including phenoxy) is 8. The molecule has 4 heterocycles. The van der Waals surface area contributed by atoms with Crippen molar-refractivity contribution in [3.05, 3.63) is 93.0 Å². The number of anilines is 4. The quantitative estimate of drug-likeness (QED) is 0.0293. The largest absolute Gasteiger partial charge is 0.493 e. The number of hydrogen-bond donors (Lipinski definition) is 24. The van der Waals surface area contributed by atoms with Gasteiger partial charge in [-0.3, -0.25) is 0 Å². The second-order valence-electron chi connectivity index (χ2n) is 26.0. The van der Waals surface area contributed by atoms with Crippen molar-refractivity contribution in [3.8, 4) is 23.0 Å². The van der Waals surface area contributed by atoms with Crippen LogP contribution in [-0.2, 0) is 44.6 Å². The van der Waals surface area contributed by atoms with Crippen LogP contribution in [0.1, 0.15) is 97.9 Å². The van der Waals surface area contributed by atoms with Gasteiger partial charge in [0.05, 0.1) is 52.9 Å². The number of nitrogens with one attached hydrogen (secondary N) is 8. The van der Waals surface area contributed by atoms with Crippen molar-refractivity contribution < 1.29 is 120 Å². The molecule has 1 aliphatic carbocycles. The Kier molecular flexibility index (Phi) is 29.8. The van der Waals surface area contributed by atoms with Gasteiger partial charge in [-0.05, 0) is 123 Å². The van der Waals surface area contributed by atoms with E-state index in [1.807, 2.05) is 27.7 Å². The van der Waals surface area contributed by atoms with E-state index in [1.165, 1.54) is 0 Å². The van der Waals surface area contributed by atoms with Gasteiger partial charge in [-0.15, -0.1) is 0 Å². The van der Waals surface area contributed by atoms with Crippen LogP contribution < -0.4 is 61.5 Å². The summed E-state index contributed by atoms with van der Waals surface area (Å²) in [5.74, 6) is 1.63. The zero-order valence-electron chi connectivity index (χ0n) is 57.5. The molecule has 36 heteroatoms. The van der Waals surface area contributed by atoms with Crippen LogP contribution in [0.15, 0.2) is 48.5 Å². The highest BCUT2D eigenvalue weighted by Crippen LogP contribution is 2.44. The van der Waals surface area contributed by atoms with Crippen molar-refractivity contribution >= 4 is 92.1 Å². The SMILES string of the molecule is CCCOc1c2cc(NC(=S)N[C@@H]3O[C@H](CO)[C@H](O)[C@H](O)[C@H]3O)cc1Cc1cc(NC(=S)N[C@@H]3O[C@H](CO)[C@H](O)[C@H](O)[C@H]3O)cc(c1OCCC)Cc1cc(NC(=S)N[C@@H]3O[C@H](CO)[C@H](O)[C@H](O)[C@H]3O)cc(c1OCCC)Cc1cc(NC(=S)N[C@@H]3O[C@H](CO)[C@H](O)[C@H](O)[C@H]3O)cc(c1OCCC)C2. The zero-order valence-corrected chi connectivity index (χ0v) is 60.8. The highest BCUT2D eigenvalue weighted by molar-refractivity contribution is 7.81. The molecule has 0 unspecified atom stereocenters. The first-order chi connectivity index (χ1) is 49.8. The summed E-state index contributed by atoms with van der Waals surface area (Å²) in [5.41, 5.74) is 5.64. The van der Waals surface area contributed by atoms with E-state index in [-0.39, 0.29) is 72.6 Å². The van der Waals surface area contributed by atoms with E-state index in [4.69, 9.17) is 86.8 Å². The summed E-state index contributed by atoms with van der Waals surface area (Å²) < 4.78 is 50.7. The van der Waals surface area contributed by atoms with Gasteiger partial charge in [0.25, 0.3) is 0 Å². The Labute approximate surface area is 621 Å². The Bertz CT molecular complexity index is 3040. The van der Waals surface area contributed by atoms with Gasteiger partial charge in [-0.1, -0.05) is 27.7 Å². The molecule has 20 atom stereocenters. The van der Waals surface area contributed by atoms with E-state index in [1.54, 1.807) is 48.5 Å². The monoisotopic (exact) mass is 1540 g/mol. The Morgan fingerprint density at radius 2 is 0.481 bits per heavy atom. The molecule has 576 valence electrons. The lowest BCUT2D eigenvalue weighted by molar-refractivity contribution is -0.232. The van der Waals surface area contributed by atoms with E-state index in [0.717, 1.165) is 0 Å². The number of thiocarbonyl (C=S) groups is 4. The van der Waals surface area contributed by atoms with E-state index in [9.17, 15) is 81.7 Å². The predicted octanol–water partition coefficient (Wildman–Crippen LogP) is -2.14. The van der Waals surface area contributed by atoms with Crippen LogP contribution in [0.4, 0.5) is 22.7 Å². The molecule has 4 fully saturated rings. The average Bonchev–Trinajstić information content (AvgIpc) is 0.766. The third-order valence-electron chi connectivity index (χ3n) is 18.0. The molecule has 4 saturated heterocycles. The smallest absolute Gasteiger partial charge is 0.172 e. The van der Waals surface area contributed by atoms with Crippen molar-refractivity contribution in [2.24, 2.45) is 0 Å². The molecule has 0 amide bonds. The molecule has 104 heavy (non-hydrogen) atoms. The molecule has 0 radical (unpaired) electrons. The summed E-state index contributed by atoms with van der Waals surface area (Å²) in [6.45, 7) is 5.73. The average molecular weight is 1540 g/mol. The molecule has 5 aliphatic rings. The summed E-state index contributed by atoms with van der Waals surface area (Å²) in [4.78, 5) is 0. The van der Waals surface area contributed by atoms with Crippen molar-refractivity contribution in [2.75, 3.05) is 74.1 Å². The number of benzene rings is 4. The highest BCUT2D eigenvalue weighted by atomic mass is 32.1. The van der Waals surface area contributed by atoms with Gasteiger partial charge < -0.3 is 162 Å². The summed E-state index contributed by atoms with van der Waals surface area (Å²) in [5, 5.41) is 194. The molecule has 9 rings (SSSR count). The van der Waals surface area contributed by atoms with Crippen molar-refractivity contribution in [3.63, 3.8) is 0 Å². The van der Waals surface area contributed by atoms with Crippen LogP contribution in [0.5, 0.6) is 23.0 Å². The minimum absolute atomic E-state index is 0.00318. The summed E-state index contributed by atoms with van der Waals surface area (Å²) in [6, 6.07) is 14.3. The molecule has 8 bridgehead atoms. The standard InChI is InChI=1S/C68H96N8O24S4/c1-5-9-93-57-29-13-31-19-38(70-66(102)74-62-54(90)50(86)46(82)42(26-78)98-62)21-33(58(31)94-10-6-2)15-35-23-40(72-68(104)76-64-56(92)52(88)48(84)44(28-80)100-64)24-36(60(35)96-12-8-4)16-34-22-39(71-67(103)75-63-55(91)51(87)47(83)43(27-79)99-63)20-32(59(34)95-11-7-3)14-30(57)18-37(17-29)69-65(101)73-61-53(89)49(85)45(81)41(25-77)97-61/h17-24,41-56,61-64,77-92H,5-16,25-28H2,1-4H3,(H2,69,73,101)(H2,70,74,102)(H2,71,75,103)(H2,72,76,104)/t41-,42-,43-,44-,45+,46+,47+,48+,49+,50+,51+,52+,53-,54-,55-,56-,61-,62-,63-,64-/m1/s1.